The topological polar surface area (TPSA) is 50.1 Å². The van der Waals surface area contributed by atoms with Gasteiger partial charge in [-0.3, -0.25) is 4.68 Å². The summed E-state index contributed by atoms with van der Waals surface area (Å²) in [6, 6.07) is 2.71. The lowest BCUT2D eigenvalue weighted by molar-refractivity contribution is 0.134. The molecule has 1 aliphatic rings. The lowest BCUT2D eigenvalue weighted by Gasteiger charge is -2.17. The quantitative estimate of drug-likeness (QED) is 0.816. The van der Waals surface area contributed by atoms with Crippen molar-refractivity contribution < 1.29 is 5.11 Å². The summed E-state index contributed by atoms with van der Waals surface area (Å²) in [6.45, 7) is 5.35. The van der Waals surface area contributed by atoms with Gasteiger partial charge < -0.3 is 10.4 Å². The Morgan fingerprint density at radius 3 is 3.12 bits per heavy atom. The third-order valence-electron chi connectivity index (χ3n) is 3.69. The van der Waals surface area contributed by atoms with Gasteiger partial charge in [-0.15, -0.1) is 0 Å². The van der Waals surface area contributed by atoms with Crippen molar-refractivity contribution >= 4 is 0 Å². The van der Waals surface area contributed by atoms with Crippen LogP contribution in [0, 0.1) is 0 Å². The van der Waals surface area contributed by atoms with Crippen molar-refractivity contribution in [1.29, 1.82) is 0 Å². The Bertz CT molecular complexity index is 344. The Morgan fingerprint density at radius 2 is 2.47 bits per heavy atom. The molecule has 4 heteroatoms. The van der Waals surface area contributed by atoms with Crippen LogP contribution in [0.3, 0.4) is 0 Å². The molecule has 4 nitrogen and oxygen atoms in total. The van der Waals surface area contributed by atoms with E-state index in [1.807, 2.05) is 16.9 Å². The van der Waals surface area contributed by atoms with Crippen LogP contribution in [-0.4, -0.2) is 33.6 Å². The summed E-state index contributed by atoms with van der Waals surface area (Å²) >= 11 is 0. The summed E-state index contributed by atoms with van der Waals surface area (Å²) in [5, 5.41) is 17.9. The van der Waals surface area contributed by atoms with Crippen molar-refractivity contribution in [3.63, 3.8) is 0 Å². The number of aliphatic hydroxyl groups is 1. The summed E-state index contributed by atoms with van der Waals surface area (Å²) in [5.74, 6) is 0. The number of hydrogen-bond acceptors (Lipinski definition) is 3. The van der Waals surface area contributed by atoms with Crippen LogP contribution < -0.4 is 5.32 Å². The number of rotatable bonds is 5. The Labute approximate surface area is 103 Å². The molecule has 1 saturated heterocycles. The van der Waals surface area contributed by atoms with Crippen LogP contribution in [0.2, 0.25) is 0 Å². The van der Waals surface area contributed by atoms with Gasteiger partial charge >= 0.3 is 0 Å². The maximum atomic E-state index is 10.1. The third kappa shape index (κ3) is 3.07. The maximum Gasteiger partial charge on any atom is 0.0749 e. The molecule has 0 aliphatic carbocycles. The molecule has 0 saturated carbocycles. The molecule has 96 valence electrons. The maximum absolute atomic E-state index is 10.1. The molecule has 1 aliphatic heterocycles. The van der Waals surface area contributed by atoms with Crippen molar-refractivity contribution in [2.24, 2.45) is 0 Å². The van der Waals surface area contributed by atoms with E-state index in [1.54, 1.807) is 0 Å². The minimum atomic E-state index is -0.308. The van der Waals surface area contributed by atoms with Crippen LogP contribution in [0.1, 0.15) is 44.8 Å². The van der Waals surface area contributed by atoms with E-state index >= 15 is 0 Å². The molecule has 0 radical (unpaired) electrons. The molecule has 1 aromatic heterocycles. The highest BCUT2D eigenvalue weighted by molar-refractivity contribution is 5.03. The van der Waals surface area contributed by atoms with Gasteiger partial charge in [0.1, 0.15) is 0 Å². The van der Waals surface area contributed by atoms with Gasteiger partial charge in [0, 0.05) is 24.7 Å². The standard InChI is InChI=1S/C13H23N3O/c1-3-10(2)16-8-6-11(15-16)9-13(17)12-5-4-7-14-12/h6,8,10,12-14,17H,3-5,7,9H2,1-2H3. The molecular formula is C13H23N3O. The fourth-order valence-electron chi connectivity index (χ4n) is 2.32. The number of aromatic nitrogens is 2. The highest BCUT2D eigenvalue weighted by Gasteiger charge is 2.23. The molecule has 2 heterocycles. The van der Waals surface area contributed by atoms with Gasteiger partial charge in [-0.05, 0) is 38.8 Å². The average molecular weight is 237 g/mol. The normalized spacial score (nSPS) is 23.8. The Kier molecular flexibility index (Phi) is 4.18. The summed E-state index contributed by atoms with van der Waals surface area (Å²) < 4.78 is 1.99. The monoisotopic (exact) mass is 237 g/mol. The second kappa shape index (κ2) is 5.65. The number of nitrogens with zero attached hydrogens (tertiary/aromatic N) is 2. The second-order valence-corrected chi connectivity index (χ2v) is 5.02. The van der Waals surface area contributed by atoms with Gasteiger partial charge in [0.15, 0.2) is 0 Å². The largest absolute Gasteiger partial charge is 0.391 e. The highest BCUT2D eigenvalue weighted by atomic mass is 16.3. The van der Waals surface area contributed by atoms with Crippen molar-refractivity contribution in [3.8, 4) is 0 Å². The molecule has 0 aromatic carbocycles. The van der Waals surface area contributed by atoms with Crippen LogP contribution in [0.25, 0.3) is 0 Å². The first-order valence-corrected chi connectivity index (χ1v) is 6.66. The molecule has 0 amide bonds. The summed E-state index contributed by atoms with van der Waals surface area (Å²) in [6.07, 6.45) is 5.68. The SMILES string of the molecule is CCC(C)n1ccc(CC(O)C2CCCN2)n1. The van der Waals surface area contributed by atoms with E-state index in [9.17, 15) is 5.11 Å². The van der Waals surface area contributed by atoms with Gasteiger partial charge in [-0.2, -0.15) is 5.10 Å². The fourth-order valence-corrected chi connectivity index (χ4v) is 2.32. The van der Waals surface area contributed by atoms with Gasteiger partial charge in [0.25, 0.3) is 0 Å². The Balaban J connectivity index is 1.91. The molecule has 17 heavy (non-hydrogen) atoms. The highest BCUT2D eigenvalue weighted by Crippen LogP contribution is 2.14. The first-order valence-electron chi connectivity index (χ1n) is 6.66. The van der Waals surface area contributed by atoms with Crippen LogP contribution in [0.5, 0.6) is 0 Å². The predicted molar refractivity (Wildman–Crippen MR) is 68.0 cm³/mol. The number of nitrogens with one attached hydrogen (secondary N) is 1. The minimum Gasteiger partial charge on any atom is -0.391 e. The van der Waals surface area contributed by atoms with Crippen molar-refractivity contribution in [2.75, 3.05) is 6.54 Å². The zero-order valence-corrected chi connectivity index (χ0v) is 10.8. The zero-order chi connectivity index (χ0) is 12.3. The van der Waals surface area contributed by atoms with Gasteiger partial charge in [0.05, 0.1) is 11.8 Å². The van der Waals surface area contributed by atoms with Gasteiger partial charge in [-0.25, -0.2) is 0 Å². The molecule has 2 N–H and O–H groups in total. The lowest BCUT2D eigenvalue weighted by atomic mass is 10.0. The van der Waals surface area contributed by atoms with E-state index in [-0.39, 0.29) is 12.1 Å². The van der Waals surface area contributed by atoms with Crippen LogP contribution >= 0.6 is 0 Å². The fraction of sp³-hybridized carbons (Fsp3) is 0.769. The predicted octanol–water partition coefficient (Wildman–Crippen LogP) is 1.51. The van der Waals surface area contributed by atoms with E-state index < -0.39 is 0 Å². The van der Waals surface area contributed by atoms with Crippen molar-refractivity contribution in [1.82, 2.24) is 15.1 Å². The zero-order valence-electron chi connectivity index (χ0n) is 10.8. The molecule has 3 atom stereocenters. The molecule has 1 fully saturated rings. The van der Waals surface area contributed by atoms with E-state index in [2.05, 4.69) is 24.3 Å². The summed E-state index contributed by atoms with van der Waals surface area (Å²) in [5.41, 5.74) is 0.992. The van der Waals surface area contributed by atoms with Crippen LogP contribution in [0.15, 0.2) is 12.3 Å². The number of hydrogen-bond donors (Lipinski definition) is 2. The number of aliphatic hydroxyl groups excluding tert-OH is 1. The van der Waals surface area contributed by atoms with Crippen molar-refractivity contribution in [3.05, 3.63) is 18.0 Å². The Hall–Kier alpha value is -0.870. The van der Waals surface area contributed by atoms with E-state index in [0.29, 0.717) is 12.5 Å². The van der Waals surface area contributed by atoms with Gasteiger partial charge in [-0.1, -0.05) is 6.92 Å². The molecule has 0 spiro atoms. The first-order chi connectivity index (χ1) is 8.20. The average Bonchev–Trinajstić information content (AvgIpc) is 2.98. The Morgan fingerprint density at radius 1 is 1.65 bits per heavy atom. The molecular weight excluding hydrogens is 214 g/mol. The van der Waals surface area contributed by atoms with Crippen LogP contribution in [0.4, 0.5) is 0 Å². The minimum absolute atomic E-state index is 0.253. The third-order valence-corrected chi connectivity index (χ3v) is 3.69. The molecule has 2 rings (SSSR count). The van der Waals surface area contributed by atoms with E-state index in [1.165, 1.54) is 6.42 Å². The second-order valence-electron chi connectivity index (χ2n) is 5.02. The lowest BCUT2D eigenvalue weighted by Crippen LogP contribution is -2.36. The van der Waals surface area contributed by atoms with E-state index in [4.69, 9.17) is 0 Å². The molecule has 3 unspecified atom stereocenters. The van der Waals surface area contributed by atoms with Crippen molar-refractivity contribution in [2.45, 2.75) is 57.7 Å². The van der Waals surface area contributed by atoms with E-state index in [0.717, 1.165) is 25.1 Å². The first kappa shape index (κ1) is 12.6. The molecule has 1 aromatic rings. The molecule has 0 bridgehead atoms. The van der Waals surface area contributed by atoms with Gasteiger partial charge in [0.2, 0.25) is 0 Å². The van der Waals surface area contributed by atoms with Crippen LogP contribution in [-0.2, 0) is 6.42 Å². The summed E-state index contributed by atoms with van der Waals surface area (Å²) in [7, 11) is 0. The summed E-state index contributed by atoms with van der Waals surface area (Å²) in [4.78, 5) is 0. The smallest absolute Gasteiger partial charge is 0.0749 e.